The van der Waals surface area contributed by atoms with E-state index in [4.69, 9.17) is 23.2 Å². The molecule has 122 valence electrons. The molecule has 1 aromatic heterocycles. The van der Waals surface area contributed by atoms with Gasteiger partial charge in [-0.15, -0.1) is 5.10 Å². The number of nitrogens with one attached hydrogen (secondary N) is 1. The van der Waals surface area contributed by atoms with Crippen LogP contribution in [0.25, 0.3) is 5.69 Å². The summed E-state index contributed by atoms with van der Waals surface area (Å²) in [4.78, 5) is 0. The summed E-state index contributed by atoms with van der Waals surface area (Å²) in [7, 11) is 0. The lowest BCUT2D eigenvalue weighted by Gasteiger charge is -2.04. The minimum atomic E-state index is -0.301. The maximum absolute atomic E-state index is 12.8. The molecule has 3 aromatic rings. The molecule has 0 bridgehead atoms. The van der Waals surface area contributed by atoms with Gasteiger partial charge in [0.2, 0.25) is 0 Å². The minimum Gasteiger partial charge on any atom is -0.279 e. The fourth-order valence-corrected chi connectivity index (χ4v) is 2.21. The predicted octanol–water partition coefficient (Wildman–Crippen LogP) is 3.75. The Kier molecular flexibility index (Phi) is 5.02. The van der Waals surface area contributed by atoms with Gasteiger partial charge in [-0.2, -0.15) is 9.78 Å². The van der Waals surface area contributed by atoms with E-state index in [0.29, 0.717) is 33.7 Å². The van der Waals surface area contributed by atoms with Crippen LogP contribution in [0.2, 0.25) is 10.0 Å². The van der Waals surface area contributed by atoms with Crippen molar-refractivity contribution in [3.8, 4) is 5.69 Å². The van der Waals surface area contributed by atoms with Gasteiger partial charge in [0.05, 0.1) is 21.4 Å². The van der Waals surface area contributed by atoms with Gasteiger partial charge in [-0.1, -0.05) is 23.2 Å². The van der Waals surface area contributed by atoms with Crippen molar-refractivity contribution in [1.82, 2.24) is 20.2 Å². The Morgan fingerprint density at radius 1 is 1.12 bits per heavy atom. The lowest BCUT2D eigenvalue weighted by molar-refractivity contribution is 0.628. The van der Waals surface area contributed by atoms with Gasteiger partial charge in [0.15, 0.2) is 5.82 Å². The second kappa shape index (κ2) is 7.37. The number of tetrazole rings is 1. The third-order valence-corrected chi connectivity index (χ3v) is 3.82. The maximum atomic E-state index is 12.8. The minimum absolute atomic E-state index is 0.301. The lowest BCUT2D eigenvalue weighted by Crippen LogP contribution is -2.04. The van der Waals surface area contributed by atoms with E-state index in [1.807, 2.05) is 0 Å². The highest BCUT2D eigenvalue weighted by Gasteiger charge is 2.08. The third-order valence-electron chi connectivity index (χ3n) is 3.08. The Balaban J connectivity index is 1.68. The normalized spacial score (nSPS) is 11.1. The van der Waals surface area contributed by atoms with E-state index in [2.05, 4.69) is 26.1 Å². The van der Waals surface area contributed by atoms with E-state index in [-0.39, 0.29) is 5.82 Å². The van der Waals surface area contributed by atoms with Gasteiger partial charge < -0.3 is 0 Å². The molecule has 3 rings (SSSR count). The SMILES string of the molecule is Fc1ccc(N/N=C\Cc2nnnn2-c2ccc(Cl)c(Cl)c2)cc1. The first-order valence-corrected chi connectivity index (χ1v) is 7.65. The number of anilines is 1. The Hall–Kier alpha value is -2.51. The summed E-state index contributed by atoms with van der Waals surface area (Å²) < 4.78 is 14.4. The quantitative estimate of drug-likeness (QED) is 0.552. The summed E-state index contributed by atoms with van der Waals surface area (Å²) in [5.74, 6) is 0.281. The number of benzene rings is 2. The summed E-state index contributed by atoms with van der Waals surface area (Å²) in [6.07, 6.45) is 2.00. The van der Waals surface area contributed by atoms with Gasteiger partial charge in [0, 0.05) is 12.6 Å². The van der Waals surface area contributed by atoms with Crippen LogP contribution in [0.4, 0.5) is 10.1 Å². The van der Waals surface area contributed by atoms with Gasteiger partial charge in [0.1, 0.15) is 5.82 Å². The molecule has 0 radical (unpaired) electrons. The second-order valence-corrected chi connectivity index (χ2v) is 5.55. The van der Waals surface area contributed by atoms with Crippen LogP contribution in [-0.2, 0) is 6.42 Å². The first-order valence-electron chi connectivity index (χ1n) is 6.89. The molecule has 24 heavy (non-hydrogen) atoms. The molecule has 0 unspecified atom stereocenters. The summed E-state index contributed by atoms with van der Waals surface area (Å²) >= 11 is 11.9. The van der Waals surface area contributed by atoms with Gasteiger partial charge in [-0.3, -0.25) is 5.43 Å². The molecule has 2 aromatic carbocycles. The Labute approximate surface area is 146 Å². The van der Waals surface area contributed by atoms with Gasteiger partial charge in [-0.25, -0.2) is 4.39 Å². The molecular formula is C15H11Cl2FN6. The number of aromatic nitrogens is 4. The smallest absolute Gasteiger partial charge is 0.162 e. The third kappa shape index (κ3) is 3.87. The fourth-order valence-electron chi connectivity index (χ4n) is 1.92. The molecule has 0 fully saturated rings. The van der Waals surface area contributed by atoms with Crippen LogP contribution in [0, 0.1) is 5.82 Å². The van der Waals surface area contributed by atoms with Crippen LogP contribution in [0.5, 0.6) is 0 Å². The van der Waals surface area contributed by atoms with Crippen molar-refractivity contribution >= 4 is 35.1 Å². The predicted molar refractivity (Wildman–Crippen MR) is 91.4 cm³/mol. The van der Waals surface area contributed by atoms with Gasteiger partial charge in [0.25, 0.3) is 0 Å². The van der Waals surface area contributed by atoms with E-state index in [0.717, 1.165) is 0 Å². The van der Waals surface area contributed by atoms with Crippen LogP contribution in [-0.4, -0.2) is 26.4 Å². The van der Waals surface area contributed by atoms with Crippen molar-refractivity contribution < 1.29 is 4.39 Å². The zero-order chi connectivity index (χ0) is 16.9. The molecule has 0 saturated carbocycles. The standard InChI is InChI=1S/C15H11Cl2FN6/c16-13-6-5-12(9-14(13)17)24-15(21-22-23-24)7-8-19-20-11-3-1-10(18)2-4-11/h1-6,8-9,20H,7H2/b19-8-. The number of nitrogens with zero attached hydrogens (tertiary/aromatic N) is 5. The van der Waals surface area contributed by atoms with E-state index < -0.39 is 0 Å². The lowest BCUT2D eigenvalue weighted by atomic mass is 10.3. The summed E-state index contributed by atoms with van der Waals surface area (Å²) in [6, 6.07) is 11.0. The average molecular weight is 365 g/mol. The highest BCUT2D eigenvalue weighted by Crippen LogP contribution is 2.24. The van der Waals surface area contributed by atoms with Crippen molar-refractivity contribution in [2.24, 2.45) is 5.10 Å². The average Bonchev–Trinajstić information content (AvgIpc) is 3.04. The van der Waals surface area contributed by atoms with Crippen LogP contribution < -0.4 is 5.43 Å². The highest BCUT2D eigenvalue weighted by molar-refractivity contribution is 6.42. The molecule has 6 nitrogen and oxygen atoms in total. The molecule has 9 heteroatoms. The van der Waals surface area contributed by atoms with Crippen LogP contribution in [0.1, 0.15) is 5.82 Å². The van der Waals surface area contributed by atoms with E-state index in [1.54, 1.807) is 41.2 Å². The molecule has 0 amide bonds. The van der Waals surface area contributed by atoms with Crippen LogP contribution in [0.15, 0.2) is 47.6 Å². The molecule has 0 aliphatic carbocycles. The maximum Gasteiger partial charge on any atom is 0.162 e. The zero-order valence-electron chi connectivity index (χ0n) is 12.2. The number of hydrogen-bond donors (Lipinski definition) is 1. The first kappa shape index (κ1) is 16.4. The Bertz CT molecular complexity index is 863. The van der Waals surface area contributed by atoms with Crippen LogP contribution in [0.3, 0.4) is 0 Å². The van der Waals surface area contributed by atoms with Crippen molar-refractivity contribution in [3.63, 3.8) is 0 Å². The second-order valence-electron chi connectivity index (χ2n) is 4.74. The molecule has 0 spiro atoms. The van der Waals surface area contributed by atoms with E-state index >= 15 is 0 Å². The number of rotatable bonds is 5. The molecule has 1 heterocycles. The zero-order valence-corrected chi connectivity index (χ0v) is 13.7. The van der Waals surface area contributed by atoms with Crippen molar-refractivity contribution in [1.29, 1.82) is 0 Å². The van der Waals surface area contributed by atoms with Crippen molar-refractivity contribution in [2.75, 3.05) is 5.43 Å². The summed E-state index contributed by atoms with van der Waals surface area (Å²) in [5.41, 5.74) is 4.17. The molecule has 0 aliphatic rings. The van der Waals surface area contributed by atoms with Crippen molar-refractivity contribution in [3.05, 3.63) is 64.2 Å². The first-order chi connectivity index (χ1) is 11.6. The molecule has 1 N–H and O–H groups in total. The van der Waals surface area contributed by atoms with Crippen molar-refractivity contribution in [2.45, 2.75) is 6.42 Å². The van der Waals surface area contributed by atoms with E-state index in [9.17, 15) is 4.39 Å². The Morgan fingerprint density at radius 3 is 2.67 bits per heavy atom. The molecule has 0 aliphatic heterocycles. The number of hydrogen-bond acceptors (Lipinski definition) is 5. The summed E-state index contributed by atoms with van der Waals surface area (Å²) in [5, 5.41) is 16.5. The summed E-state index contributed by atoms with van der Waals surface area (Å²) in [6.45, 7) is 0. The number of hydrazone groups is 1. The molecule has 0 atom stereocenters. The van der Waals surface area contributed by atoms with Gasteiger partial charge >= 0.3 is 0 Å². The molecular weight excluding hydrogens is 354 g/mol. The fraction of sp³-hybridized carbons (Fsp3) is 0.0667. The van der Waals surface area contributed by atoms with E-state index in [1.165, 1.54) is 12.1 Å². The monoisotopic (exact) mass is 364 g/mol. The van der Waals surface area contributed by atoms with Crippen LogP contribution >= 0.6 is 23.2 Å². The topological polar surface area (TPSA) is 68.0 Å². The molecule has 0 saturated heterocycles. The Morgan fingerprint density at radius 2 is 1.92 bits per heavy atom. The van der Waals surface area contributed by atoms with Gasteiger partial charge in [-0.05, 0) is 52.9 Å². The highest BCUT2D eigenvalue weighted by atomic mass is 35.5. The number of halogens is 3. The largest absolute Gasteiger partial charge is 0.279 e.